The maximum Gasteiger partial charge on any atom is 0.415 e. The first kappa shape index (κ1) is 20.6. The number of pyridine rings is 1. The zero-order valence-electron chi connectivity index (χ0n) is 17.9. The van der Waals surface area contributed by atoms with Gasteiger partial charge in [-0.2, -0.15) is 0 Å². The third kappa shape index (κ3) is 3.88. The van der Waals surface area contributed by atoms with Crippen molar-refractivity contribution < 1.29 is 28.5 Å². The molecule has 0 aliphatic carbocycles. The second-order valence-electron chi connectivity index (χ2n) is 6.99. The number of cyclic esters (lactones) is 1. The molecule has 2 aromatic carbocycles. The average Bonchev–Trinajstić information content (AvgIpc) is 3.23. The number of ether oxygens (including phenoxy) is 5. The normalized spacial score (nSPS) is 13.3. The zero-order valence-corrected chi connectivity index (χ0v) is 17.9. The summed E-state index contributed by atoms with van der Waals surface area (Å²) in [7, 11) is 6.39. The molecule has 1 saturated heterocycles. The summed E-state index contributed by atoms with van der Waals surface area (Å²) < 4.78 is 26.8. The van der Waals surface area contributed by atoms with Crippen LogP contribution in [0.25, 0.3) is 10.8 Å². The summed E-state index contributed by atoms with van der Waals surface area (Å²) in [6.07, 6.45) is 0.118. The van der Waals surface area contributed by atoms with Crippen molar-refractivity contribution >= 4 is 22.7 Å². The molecular formula is C23H24N2O6. The van der Waals surface area contributed by atoms with Crippen LogP contribution in [0.3, 0.4) is 0 Å². The maximum absolute atomic E-state index is 12.1. The third-order valence-electron chi connectivity index (χ3n) is 5.26. The van der Waals surface area contributed by atoms with Crippen LogP contribution in [0.1, 0.15) is 11.3 Å². The smallest absolute Gasteiger partial charge is 0.415 e. The van der Waals surface area contributed by atoms with Crippen LogP contribution < -0.4 is 23.8 Å². The Kier molecular flexibility index (Phi) is 5.70. The van der Waals surface area contributed by atoms with Gasteiger partial charge in [0.2, 0.25) is 0 Å². The fourth-order valence-electron chi connectivity index (χ4n) is 3.69. The summed E-state index contributed by atoms with van der Waals surface area (Å²) in [4.78, 5) is 18.5. The van der Waals surface area contributed by atoms with E-state index in [1.165, 1.54) is 4.90 Å². The molecule has 1 amide bonds. The summed E-state index contributed by atoms with van der Waals surface area (Å²) in [5, 5.41) is 1.79. The molecule has 1 fully saturated rings. The number of fused-ring (bicyclic) bond motifs is 1. The van der Waals surface area contributed by atoms with Gasteiger partial charge in [-0.3, -0.25) is 4.90 Å². The molecule has 0 atom stereocenters. The quantitative estimate of drug-likeness (QED) is 0.570. The van der Waals surface area contributed by atoms with Gasteiger partial charge >= 0.3 is 6.09 Å². The van der Waals surface area contributed by atoms with Gasteiger partial charge in [0.15, 0.2) is 23.0 Å². The highest BCUT2D eigenvalue weighted by atomic mass is 16.6. The van der Waals surface area contributed by atoms with Crippen molar-refractivity contribution in [2.24, 2.45) is 0 Å². The molecule has 1 aliphatic rings. The van der Waals surface area contributed by atoms with Crippen molar-refractivity contribution in [1.82, 2.24) is 4.98 Å². The predicted octanol–water partition coefficient (Wildman–Crippen LogP) is 3.82. The molecule has 0 unspecified atom stereocenters. The van der Waals surface area contributed by atoms with Crippen LogP contribution in [0.5, 0.6) is 23.0 Å². The fourth-order valence-corrected chi connectivity index (χ4v) is 3.69. The van der Waals surface area contributed by atoms with E-state index >= 15 is 0 Å². The molecule has 8 nitrogen and oxygen atoms in total. The van der Waals surface area contributed by atoms with Gasteiger partial charge in [0.1, 0.15) is 12.4 Å². The lowest BCUT2D eigenvalue weighted by Gasteiger charge is -2.17. The number of carbonyl (C=O) groups is 1. The second-order valence-corrected chi connectivity index (χ2v) is 6.99. The van der Waals surface area contributed by atoms with Gasteiger partial charge in [-0.1, -0.05) is 6.07 Å². The molecule has 1 aliphatic heterocycles. The molecule has 2 heterocycles. The molecule has 0 saturated carbocycles. The van der Waals surface area contributed by atoms with E-state index in [-0.39, 0.29) is 0 Å². The largest absolute Gasteiger partial charge is 0.493 e. The van der Waals surface area contributed by atoms with Gasteiger partial charge in [-0.05, 0) is 41.3 Å². The standard InChI is InChI=1S/C23H24N2O6/c1-27-18-6-5-14(10-19(18)28-2)9-17-16-13-21(30-4)20(29-3)11-15(16)12-22(24-17)25-7-8-31-23(25)26/h5-6,10-13H,7-9H2,1-4H3. The van der Waals surface area contributed by atoms with Crippen molar-refractivity contribution in [1.29, 1.82) is 0 Å². The van der Waals surface area contributed by atoms with Gasteiger partial charge in [0.05, 0.1) is 40.7 Å². The van der Waals surface area contributed by atoms with Crippen LogP contribution in [-0.2, 0) is 11.2 Å². The lowest BCUT2D eigenvalue weighted by Crippen LogP contribution is -2.24. The summed E-state index contributed by atoms with van der Waals surface area (Å²) in [6, 6.07) is 11.4. The van der Waals surface area contributed by atoms with Crippen molar-refractivity contribution in [2.75, 3.05) is 46.5 Å². The minimum Gasteiger partial charge on any atom is -0.493 e. The van der Waals surface area contributed by atoms with Crippen molar-refractivity contribution in [2.45, 2.75) is 6.42 Å². The minimum atomic E-state index is -0.399. The highest BCUT2D eigenvalue weighted by Gasteiger charge is 2.26. The van der Waals surface area contributed by atoms with Crippen molar-refractivity contribution in [3.63, 3.8) is 0 Å². The number of anilines is 1. The minimum absolute atomic E-state index is 0.343. The summed E-state index contributed by atoms with van der Waals surface area (Å²) in [6.45, 7) is 0.802. The summed E-state index contributed by atoms with van der Waals surface area (Å²) >= 11 is 0. The van der Waals surface area contributed by atoms with Gasteiger partial charge < -0.3 is 23.7 Å². The molecule has 0 spiro atoms. The van der Waals surface area contributed by atoms with Crippen LogP contribution in [-0.4, -0.2) is 52.7 Å². The van der Waals surface area contributed by atoms with E-state index in [4.69, 9.17) is 28.7 Å². The Morgan fingerprint density at radius 1 is 0.903 bits per heavy atom. The SMILES string of the molecule is COc1ccc(Cc2nc(N3CCOC3=O)cc3cc(OC)c(OC)cc23)cc1OC. The monoisotopic (exact) mass is 424 g/mol. The van der Waals surface area contributed by atoms with Gasteiger partial charge in [0.25, 0.3) is 0 Å². The molecule has 0 N–H and O–H groups in total. The number of benzene rings is 2. The van der Waals surface area contributed by atoms with Crippen LogP contribution in [0, 0.1) is 0 Å². The number of carbonyl (C=O) groups excluding carboxylic acids is 1. The fraction of sp³-hybridized carbons (Fsp3) is 0.304. The second kappa shape index (κ2) is 8.59. The number of aromatic nitrogens is 1. The van der Waals surface area contributed by atoms with E-state index in [1.54, 1.807) is 28.4 Å². The summed E-state index contributed by atoms with van der Waals surface area (Å²) in [5.41, 5.74) is 1.78. The summed E-state index contributed by atoms with van der Waals surface area (Å²) in [5.74, 6) is 3.05. The first-order valence-corrected chi connectivity index (χ1v) is 9.78. The Labute approximate surface area is 180 Å². The molecule has 31 heavy (non-hydrogen) atoms. The number of hydrogen-bond donors (Lipinski definition) is 0. The first-order chi connectivity index (χ1) is 15.1. The highest BCUT2D eigenvalue weighted by molar-refractivity contribution is 5.94. The highest BCUT2D eigenvalue weighted by Crippen LogP contribution is 2.36. The lowest BCUT2D eigenvalue weighted by atomic mass is 10.0. The third-order valence-corrected chi connectivity index (χ3v) is 5.26. The molecule has 4 rings (SSSR count). The van der Waals surface area contributed by atoms with E-state index < -0.39 is 6.09 Å². The number of amides is 1. The van der Waals surface area contributed by atoms with Crippen molar-refractivity contribution in [3.8, 4) is 23.0 Å². The number of nitrogens with zero attached hydrogens (tertiary/aromatic N) is 2. The van der Waals surface area contributed by atoms with E-state index in [0.717, 1.165) is 22.0 Å². The predicted molar refractivity (Wildman–Crippen MR) is 116 cm³/mol. The van der Waals surface area contributed by atoms with Crippen LogP contribution >= 0.6 is 0 Å². The molecular weight excluding hydrogens is 400 g/mol. The van der Waals surface area contributed by atoms with Crippen LogP contribution in [0.15, 0.2) is 36.4 Å². The van der Waals surface area contributed by atoms with E-state index in [0.29, 0.717) is 48.4 Å². The Morgan fingerprint density at radius 3 is 2.23 bits per heavy atom. The molecule has 1 aromatic heterocycles. The van der Waals surface area contributed by atoms with Crippen molar-refractivity contribution in [3.05, 3.63) is 47.7 Å². The Morgan fingerprint density at radius 2 is 1.58 bits per heavy atom. The van der Waals surface area contributed by atoms with Gasteiger partial charge in [-0.15, -0.1) is 0 Å². The first-order valence-electron chi connectivity index (χ1n) is 9.78. The molecule has 3 aromatic rings. The van der Waals surface area contributed by atoms with Crippen LogP contribution in [0.4, 0.5) is 10.6 Å². The topological polar surface area (TPSA) is 79.4 Å². The molecule has 8 heteroatoms. The number of rotatable bonds is 7. The van der Waals surface area contributed by atoms with Crippen LogP contribution in [0.2, 0.25) is 0 Å². The van der Waals surface area contributed by atoms with Gasteiger partial charge in [-0.25, -0.2) is 9.78 Å². The maximum atomic E-state index is 12.1. The number of methoxy groups -OCH3 is 4. The Hall–Kier alpha value is -3.68. The average molecular weight is 424 g/mol. The molecule has 0 bridgehead atoms. The molecule has 162 valence electrons. The number of hydrogen-bond acceptors (Lipinski definition) is 7. The zero-order chi connectivity index (χ0) is 22.0. The Bertz CT molecular complexity index is 1130. The molecule has 0 radical (unpaired) electrons. The Balaban J connectivity index is 1.86. The van der Waals surface area contributed by atoms with E-state index in [2.05, 4.69) is 0 Å². The van der Waals surface area contributed by atoms with E-state index in [9.17, 15) is 4.79 Å². The van der Waals surface area contributed by atoms with Gasteiger partial charge in [0, 0.05) is 11.8 Å². The van der Waals surface area contributed by atoms with E-state index in [1.807, 2.05) is 36.4 Å². The lowest BCUT2D eigenvalue weighted by molar-refractivity contribution is 0.181.